The summed E-state index contributed by atoms with van der Waals surface area (Å²) in [4.78, 5) is 6.42. The molecule has 0 bridgehead atoms. The van der Waals surface area contributed by atoms with Crippen molar-refractivity contribution in [2.45, 2.75) is 0 Å². The molecule has 0 spiro atoms. The SMILES string of the molecule is [Br-].[Mg+2].c1c[nH]cn1. The second kappa shape index (κ2) is 6.46. The maximum Gasteiger partial charge on any atom is 2.00 e. The Morgan fingerprint density at radius 1 is 1.43 bits per heavy atom. The largest absolute Gasteiger partial charge is 2.00 e. The first-order valence-electron chi connectivity index (χ1n) is 1.43. The van der Waals surface area contributed by atoms with E-state index in [2.05, 4.69) is 9.97 Å². The summed E-state index contributed by atoms with van der Waals surface area (Å²) in [7, 11) is 0. The number of imidazole rings is 1. The molecule has 0 unspecified atom stereocenters. The third-order valence-corrected chi connectivity index (χ3v) is 0.406. The fourth-order valence-electron chi connectivity index (χ4n) is 0.215. The molecular weight excluding hydrogens is 168 g/mol. The van der Waals surface area contributed by atoms with Gasteiger partial charge in [0.15, 0.2) is 0 Å². The zero-order valence-corrected chi connectivity index (χ0v) is 6.76. The van der Waals surface area contributed by atoms with Crippen molar-refractivity contribution in [2.75, 3.05) is 0 Å². The van der Waals surface area contributed by atoms with E-state index in [0.29, 0.717) is 0 Å². The average molecular weight is 172 g/mol. The molecule has 0 aliphatic heterocycles. The fourth-order valence-corrected chi connectivity index (χ4v) is 0.215. The molecule has 1 aromatic rings. The van der Waals surface area contributed by atoms with Crippen LogP contribution < -0.4 is 17.0 Å². The van der Waals surface area contributed by atoms with E-state index in [9.17, 15) is 0 Å². The zero-order valence-electron chi connectivity index (χ0n) is 3.76. The van der Waals surface area contributed by atoms with E-state index < -0.39 is 0 Å². The molecule has 0 aliphatic carbocycles. The zero-order chi connectivity index (χ0) is 3.54. The second-order valence-electron chi connectivity index (χ2n) is 0.761. The van der Waals surface area contributed by atoms with Gasteiger partial charge in [-0.2, -0.15) is 0 Å². The van der Waals surface area contributed by atoms with E-state index in [4.69, 9.17) is 0 Å². The number of nitrogens with one attached hydrogen (secondary N) is 1. The molecule has 1 rings (SSSR count). The molecule has 0 fully saturated rings. The summed E-state index contributed by atoms with van der Waals surface area (Å²) < 4.78 is 0. The van der Waals surface area contributed by atoms with Crippen LogP contribution in [0.1, 0.15) is 0 Å². The number of aromatic amines is 1. The number of hydrogen-bond acceptors (Lipinski definition) is 1. The maximum atomic E-state index is 3.67. The number of rotatable bonds is 0. The summed E-state index contributed by atoms with van der Waals surface area (Å²) in [5.41, 5.74) is 0. The van der Waals surface area contributed by atoms with E-state index in [1.165, 1.54) is 0 Å². The van der Waals surface area contributed by atoms with Crippen LogP contribution >= 0.6 is 0 Å². The van der Waals surface area contributed by atoms with E-state index >= 15 is 0 Å². The third kappa shape index (κ3) is 4.31. The predicted molar refractivity (Wildman–Crippen MR) is 24.3 cm³/mol. The molecule has 7 heavy (non-hydrogen) atoms. The van der Waals surface area contributed by atoms with Crippen LogP contribution in [-0.2, 0) is 0 Å². The van der Waals surface area contributed by atoms with Crippen molar-refractivity contribution in [3.63, 3.8) is 0 Å². The molecule has 0 aromatic carbocycles. The smallest absolute Gasteiger partial charge is 1.00 e. The summed E-state index contributed by atoms with van der Waals surface area (Å²) in [5, 5.41) is 0. The van der Waals surface area contributed by atoms with Gasteiger partial charge in [-0.05, 0) is 0 Å². The summed E-state index contributed by atoms with van der Waals surface area (Å²) in [6, 6.07) is 0. The summed E-state index contributed by atoms with van der Waals surface area (Å²) in [5.74, 6) is 0. The molecule has 34 valence electrons. The van der Waals surface area contributed by atoms with Gasteiger partial charge in [0.25, 0.3) is 0 Å². The fraction of sp³-hybridized carbons (Fsp3) is 0. The predicted octanol–water partition coefficient (Wildman–Crippen LogP) is -2.97. The molecule has 4 heteroatoms. The van der Waals surface area contributed by atoms with Crippen LogP contribution in [0.25, 0.3) is 0 Å². The summed E-state index contributed by atoms with van der Waals surface area (Å²) in [6.07, 6.45) is 5.08. The number of nitrogens with zero attached hydrogens (tertiary/aromatic N) is 1. The minimum Gasteiger partial charge on any atom is -1.00 e. The van der Waals surface area contributed by atoms with E-state index in [1.54, 1.807) is 18.7 Å². The first kappa shape index (κ1) is 10.4. The van der Waals surface area contributed by atoms with Crippen molar-refractivity contribution in [3.05, 3.63) is 18.7 Å². The third-order valence-electron chi connectivity index (χ3n) is 0.406. The average Bonchev–Trinajstić information content (AvgIpc) is 1.76. The minimum absolute atomic E-state index is 0. The van der Waals surface area contributed by atoms with Gasteiger partial charge in [0.2, 0.25) is 0 Å². The summed E-state index contributed by atoms with van der Waals surface area (Å²) in [6.45, 7) is 0. The Morgan fingerprint density at radius 3 is 2.29 bits per heavy atom. The van der Waals surface area contributed by atoms with Crippen LogP contribution in [0.2, 0.25) is 0 Å². The first-order valence-corrected chi connectivity index (χ1v) is 1.43. The Kier molecular flexibility index (Phi) is 9.63. The van der Waals surface area contributed by atoms with Gasteiger partial charge in [0.1, 0.15) is 0 Å². The van der Waals surface area contributed by atoms with Crippen molar-refractivity contribution < 1.29 is 17.0 Å². The molecule has 2 nitrogen and oxygen atoms in total. The monoisotopic (exact) mass is 171 g/mol. The second-order valence-corrected chi connectivity index (χ2v) is 0.761. The molecule has 0 atom stereocenters. The quantitative estimate of drug-likeness (QED) is 0.416. The van der Waals surface area contributed by atoms with Gasteiger partial charge < -0.3 is 22.0 Å². The Morgan fingerprint density at radius 2 is 2.14 bits per heavy atom. The Bertz CT molecular complexity index is 69.4. The Hall–Kier alpha value is 0.456. The topological polar surface area (TPSA) is 28.7 Å². The molecule has 0 amide bonds. The number of hydrogen-bond donors (Lipinski definition) is 1. The number of aromatic nitrogens is 2. The van der Waals surface area contributed by atoms with Crippen molar-refractivity contribution in [2.24, 2.45) is 0 Å². The van der Waals surface area contributed by atoms with Crippen LogP contribution in [-0.4, -0.2) is 33.0 Å². The van der Waals surface area contributed by atoms with E-state index in [0.717, 1.165) is 0 Å². The van der Waals surface area contributed by atoms with Crippen LogP contribution in [0.4, 0.5) is 0 Å². The van der Waals surface area contributed by atoms with Crippen LogP contribution in [0.5, 0.6) is 0 Å². The van der Waals surface area contributed by atoms with Gasteiger partial charge in [-0.1, -0.05) is 0 Å². The van der Waals surface area contributed by atoms with Crippen molar-refractivity contribution >= 4 is 23.1 Å². The molecule has 1 heterocycles. The van der Waals surface area contributed by atoms with E-state index in [-0.39, 0.29) is 40.0 Å². The molecule has 0 aliphatic rings. The van der Waals surface area contributed by atoms with Crippen LogP contribution in [0.3, 0.4) is 0 Å². The van der Waals surface area contributed by atoms with Crippen molar-refractivity contribution in [1.29, 1.82) is 0 Å². The molecule has 0 saturated heterocycles. The minimum atomic E-state index is 0. The van der Waals surface area contributed by atoms with Gasteiger partial charge in [-0.3, -0.25) is 0 Å². The molecule has 0 saturated carbocycles. The first-order chi connectivity index (χ1) is 2.50. The van der Waals surface area contributed by atoms with Gasteiger partial charge in [-0.15, -0.1) is 0 Å². The van der Waals surface area contributed by atoms with Gasteiger partial charge >= 0.3 is 23.1 Å². The Balaban J connectivity index is 0. The molecule has 1 aromatic heterocycles. The van der Waals surface area contributed by atoms with E-state index in [1.807, 2.05) is 0 Å². The summed E-state index contributed by atoms with van der Waals surface area (Å²) >= 11 is 0. The van der Waals surface area contributed by atoms with Gasteiger partial charge in [0, 0.05) is 12.4 Å². The Labute approximate surface area is 68.6 Å². The van der Waals surface area contributed by atoms with Crippen LogP contribution in [0.15, 0.2) is 18.7 Å². The molecule has 1 N–H and O–H groups in total. The molecule has 0 radical (unpaired) electrons. The number of H-pyrrole nitrogens is 1. The van der Waals surface area contributed by atoms with Gasteiger partial charge in [0.05, 0.1) is 6.33 Å². The standard InChI is InChI=1S/C3H4N2.BrH.Mg/c1-2-5-3-4-1;;/h1-3H,(H,4,5);1H;/q;;+2/p-1. The molecular formula is C3H4BrMgN2+. The normalized spacial score (nSPS) is 5.71. The van der Waals surface area contributed by atoms with Crippen molar-refractivity contribution in [1.82, 2.24) is 9.97 Å². The van der Waals surface area contributed by atoms with Gasteiger partial charge in [-0.25, -0.2) is 4.98 Å². The number of halogens is 1. The van der Waals surface area contributed by atoms with Crippen LogP contribution in [0, 0.1) is 0 Å². The maximum absolute atomic E-state index is 3.67. The van der Waals surface area contributed by atoms with Crippen molar-refractivity contribution in [3.8, 4) is 0 Å².